The van der Waals surface area contributed by atoms with Crippen LogP contribution in [0, 0.1) is 5.13 Å². The largest absolute Gasteiger partial charge is 0.448 e. The Bertz CT molecular complexity index is 1870. The van der Waals surface area contributed by atoms with Crippen LogP contribution in [0.5, 0.6) is 0 Å². The molecular formula is C34H28FN5O7S2. The second kappa shape index (κ2) is 15.1. The number of nitrogens with one attached hydrogen (secondary N) is 2. The molecule has 1 saturated heterocycles. The fraction of sp³-hybridized carbons (Fsp3) is 0.176. The van der Waals surface area contributed by atoms with E-state index in [0.29, 0.717) is 17.1 Å². The SMILES string of the molecule is CO/N=C(\C(=O)N[C@@H]1C(=O)N2C(C(=O)OC(c3ccccc3)c3ccccc3)=CCS[C@H]12)c1nc(NC(=O)OCc2ccccc2)sc1F. The maximum Gasteiger partial charge on any atom is 0.413 e. The zero-order chi connectivity index (χ0) is 34.3. The summed E-state index contributed by atoms with van der Waals surface area (Å²) in [6.45, 7) is -0.0208. The second-order valence-corrected chi connectivity index (χ2v) is 12.6. The number of halogens is 1. The number of esters is 1. The van der Waals surface area contributed by atoms with Gasteiger partial charge in [-0.05, 0) is 22.8 Å². The average molecular weight is 702 g/mol. The van der Waals surface area contributed by atoms with Crippen LogP contribution in [0.4, 0.5) is 14.3 Å². The number of benzene rings is 3. The number of aromatic nitrogens is 1. The van der Waals surface area contributed by atoms with E-state index in [1.165, 1.54) is 16.7 Å². The van der Waals surface area contributed by atoms with Gasteiger partial charge in [0.05, 0.1) is 0 Å². The summed E-state index contributed by atoms with van der Waals surface area (Å²) in [5.74, 6) is -1.85. The van der Waals surface area contributed by atoms with Crippen molar-refractivity contribution in [3.63, 3.8) is 0 Å². The number of oxime groups is 1. The molecule has 3 heterocycles. The van der Waals surface area contributed by atoms with Crippen molar-refractivity contribution in [2.24, 2.45) is 5.16 Å². The topological polar surface area (TPSA) is 149 Å². The van der Waals surface area contributed by atoms with Gasteiger partial charge in [0.2, 0.25) is 5.13 Å². The summed E-state index contributed by atoms with van der Waals surface area (Å²) in [5.41, 5.74) is 1.26. The number of carbonyl (C=O) groups is 4. The number of nitrogens with zero attached hydrogens (tertiary/aromatic N) is 3. The molecule has 0 spiro atoms. The first-order chi connectivity index (χ1) is 23.8. The summed E-state index contributed by atoms with van der Waals surface area (Å²) in [6.07, 6.45) is 0.00474. The first-order valence-corrected chi connectivity index (χ1v) is 16.7. The van der Waals surface area contributed by atoms with E-state index in [1.54, 1.807) is 30.3 Å². The van der Waals surface area contributed by atoms with Crippen molar-refractivity contribution in [3.05, 3.63) is 130 Å². The van der Waals surface area contributed by atoms with E-state index in [4.69, 9.17) is 14.3 Å². The lowest BCUT2D eigenvalue weighted by molar-refractivity contribution is -0.154. The number of fused-ring (bicyclic) bond motifs is 1. The van der Waals surface area contributed by atoms with Crippen LogP contribution in [-0.2, 0) is 35.3 Å². The monoisotopic (exact) mass is 701 g/mol. The van der Waals surface area contributed by atoms with Crippen LogP contribution in [-0.4, -0.2) is 63.8 Å². The maximum absolute atomic E-state index is 15.0. The van der Waals surface area contributed by atoms with Gasteiger partial charge in [-0.3, -0.25) is 19.8 Å². The molecule has 49 heavy (non-hydrogen) atoms. The molecule has 12 nitrogen and oxygen atoms in total. The Morgan fingerprint density at radius 1 is 1.00 bits per heavy atom. The molecule has 3 amide bonds. The van der Waals surface area contributed by atoms with Gasteiger partial charge in [0.15, 0.2) is 16.9 Å². The zero-order valence-corrected chi connectivity index (χ0v) is 27.4. The fourth-order valence-corrected chi connectivity index (χ4v) is 7.00. The van der Waals surface area contributed by atoms with Crippen LogP contribution >= 0.6 is 23.1 Å². The molecular weight excluding hydrogens is 674 g/mol. The molecule has 0 aliphatic carbocycles. The van der Waals surface area contributed by atoms with Crippen molar-refractivity contribution in [2.75, 3.05) is 18.2 Å². The maximum atomic E-state index is 15.0. The Kier molecular flexibility index (Phi) is 10.3. The molecule has 0 radical (unpaired) electrons. The third-order valence-electron chi connectivity index (χ3n) is 7.40. The molecule has 2 aliphatic rings. The van der Waals surface area contributed by atoms with E-state index < -0.39 is 57.9 Å². The number of anilines is 1. The number of thioether (sulfide) groups is 1. The molecule has 6 rings (SSSR count). The van der Waals surface area contributed by atoms with E-state index in [0.717, 1.165) is 23.8 Å². The third kappa shape index (κ3) is 7.47. The van der Waals surface area contributed by atoms with Gasteiger partial charge in [-0.25, -0.2) is 14.6 Å². The average Bonchev–Trinajstić information content (AvgIpc) is 3.49. The van der Waals surface area contributed by atoms with E-state index >= 15 is 4.39 Å². The number of carbonyl (C=O) groups excluding carboxylic acids is 4. The Morgan fingerprint density at radius 2 is 1.63 bits per heavy atom. The molecule has 4 aromatic rings. The number of amides is 3. The highest BCUT2D eigenvalue weighted by Crippen LogP contribution is 2.39. The number of hydrogen-bond donors (Lipinski definition) is 2. The van der Waals surface area contributed by atoms with Crippen LogP contribution in [0.3, 0.4) is 0 Å². The summed E-state index contributed by atoms with van der Waals surface area (Å²) in [5, 5.41) is 6.78. The van der Waals surface area contributed by atoms with Gasteiger partial charge < -0.3 is 19.6 Å². The summed E-state index contributed by atoms with van der Waals surface area (Å²) in [4.78, 5) is 62.6. The van der Waals surface area contributed by atoms with E-state index in [2.05, 4.69) is 20.8 Å². The Morgan fingerprint density at radius 3 is 2.27 bits per heavy atom. The minimum Gasteiger partial charge on any atom is -0.448 e. The minimum absolute atomic E-state index is 0.0208. The van der Waals surface area contributed by atoms with E-state index in [1.807, 2.05) is 66.7 Å². The second-order valence-electron chi connectivity index (χ2n) is 10.5. The molecule has 2 atom stereocenters. The molecule has 1 aromatic heterocycles. The summed E-state index contributed by atoms with van der Waals surface area (Å²) >= 11 is 1.78. The lowest BCUT2D eigenvalue weighted by Gasteiger charge is -2.48. The van der Waals surface area contributed by atoms with Gasteiger partial charge in [0.1, 0.15) is 36.5 Å². The quantitative estimate of drug-likeness (QED) is 0.0954. The van der Waals surface area contributed by atoms with E-state index in [9.17, 15) is 19.2 Å². The lowest BCUT2D eigenvalue weighted by atomic mass is 10.0. The molecule has 0 bridgehead atoms. The van der Waals surface area contributed by atoms with Gasteiger partial charge >= 0.3 is 12.1 Å². The zero-order valence-electron chi connectivity index (χ0n) is 25.8. The van der Waals surface area contributed by atoms with Crippen LogP contribution in [0.25, 0.3) is 0 Å². The van der Waals surface area contributed by atoms with Crippen molar-refractivity contribution in [3.8, 4) is 0 Å². The molecule has 15 heteroatoms. The molecule has 2 aliphatic heterocycles. The van der Waals surface area contributed by atoms with Gasteiger partial charge in [-0.1, -0.05) is 107 Å². The molecule has 0 unspecified atom stereocenters. The normalized spacial score (nSPS) is 17.0. The van der Waals surface area contributed by atoms with Crippen LogP contribution in [0.15, 0.2) is 108 Å². The summed E-state index contributed by atoms with van der Waals surface area (Å²) in [7, 11) is 1.16. The van der Waals surface area contributed by atoms with Crippen LogP contribution in [0.2, 0.25) is 0 Å². The van der Waals surface area contributed by atoms with Crippen LogP contribution < -0.4 is 10.6 Å². The number of β-lactam (4-membered cyclic amide) rings is 1. The fourth-order valence-electron chi connectivity index (χ4n) is 5.12. The number of ether oxygens (including phenoxy) is 2. The first-order valence-electron chi connectivity index (χ1n) is 14.9. The summed E-state index contributed by atoms with van der Waals surface area (Å²) in [6, 6.07) is 26.4. The Hall–Kier alpha value is -5.54. The van der Waals surface area contributed by atoms with Gasteiger partial charge in [-0.2, -0.15) is 4.39 Å². The van der Waals surface area contributed by atoms with Crippen molar-refractivity contribution in [2.45, 2.75) is 24.1 Å². The molecule has 0 saturated carbocycles. The number of thiazole rings is 1. The predicted molar refractivity (Wildman–Crippen MR) is 180 cm³/mol. The highest BCUT2D eigenvalue weighted by molar-refractivity contribution is 8.00. The van der Waals surface area contributed by atoms with E-state index in [-0.39, 0.29) is 17.4 Å². The van der Waals surface area contributed by atoms with Gasteiger partial charge in [-0.15, -0.1) is 11.8 Å². The first kappa shape index (κ1) is 33.4. The van der Waals surface area contributed by atoms with Gasteiger partial charge in [0, 0.05) is 5.75 Å². The van der Waals surface area contributed by atoms with Gasteiger partial charge in [0.25, 0.3) is 11.8 Å². The highest BCUT2D eigenvalue weighted by Gasteiger charge is 2.53. The number of rotatable bonds is 11. The predicted octanol–water partition coefficient (Wildman–Crippen LogP) is 5.00. The lowest BCUT2D eigenvalue weighted by Crippen LogP contribution is -2.70. The third-order valence-corrected chi connectivity index (χ3v) is 9.34. The molecule has 1 fully saturated rings. The van der Waals surface area contributed by atoms with Crippen molar-refractivity contribution in [1.82, 2.24) is 15.2 Å². The van der Waals surface area contributed by atoms with Crippen molar-refractivity contribution in [1.29, 1.82) is 0 Å². The smallest absolute Gasteiger partial charge is 0.413 e. The molecule has 250 valence electrons. The molecule has 3 aromatic carbocycles. The summed E-state index contributed by atoms with van der Waals surface area (Å²) < 4.78 is 26.1. The minimum atomic E-state index is -1.07. The van der Waals surface area contributed by atoms with Crippen LogP contribution in [0.1, 0.15) is 28.5 Å². The standard InChI is InChI=1S/C34H28FN5O7S2/c1-45-39-25(24-28(35)49-33(37-24)38-34(44)46-19-20-11-5-2-6-12-20)29(41)36-26-30(42)40-23(17-18-48-31(26)40)32(43)47-27(21-13-7-3-8-14-21)22-15-9-4-10-16-22/h2-17,26-27,31H,18-19H2,1H3,(H,36,41)(H,37,38,44)/b39-25-/t26-,31-/m1/s1. The molecule has 2 N–H and O–H groups in total. The highest BCUT2D eigenvalue weighted by atomic mass is 32.2. The van der Waals surface area contributed by atoms with Crippen molar-refractivity contribution < 1.29 is 37.9 Å². The Balaban J connectivity index is 1.11. The van der Waals surface area contributed by atoms with Crippen molar-refractivity contribution >= 4 is 57.8 Å². The Labute approximate surface area is 287 Å². The number of hydrogen-bond acceptors (Lipinski definition) is 11.